The van der Waals surface area contributed by atoms with Crippen LogP contribution in [0.5, 0.6) is 0 Å². The maximum atomic E-state index is 13.8. The van der Waals surface area contributed by atoms with Crippen LogP contribution >= 0.6 is 27.5 Å². The van der Waals surface area contributed by atoms with E-state index in [-0.39, 0.29) is 22.0 Å². The standard InChI is InChI=1S/C15H12BrClFNO/c16-12-8-4-7-11(14(12)18)15(20)19-9-13(17)10-5-2-1-3-6-10/h1-8,13H,9H2,(H,19,20). The topological polar surface area (TPSA) is 29.1 Å². The summed E-state index contributed by atoms with van der Waals surface area (Å²) >= 11 is 9.24. The number of alkyl halides is 1. The zero-order valence-corrected chi connectivity index (χ0v) is 12.8. The van der Waals surface area contributed by atoms with Gasteiger partial charge in [0.15, 0.2) is 0 Å². The van der Waals surface area contributed by atoms with E-state index in [1.807, 2.05) is 30.3 Å². The first-order chi connectivity index (χ1) is 9.59. The number of hydrogen-bond donors (Lipinski definition) is 1. The Morgan fingerprint density at radius 1 is 1.20 bits per heavy atom. The highest BCUT2D eigenvalue weighted by atomic mass is 79.9. The minimum absolute atomic E-state index is 0.00342. The summed E-state index contributed by atoms with van der Waals surface area (Å²) in [5.41, 5.74) is 0.903. The fourth-order valence-corrected chi connectivity index (χ4v) is 2.33. The van der Waals surface area contributed by atoms with Crippen LogP contribution in [0.3, 0.4) is 0 Å². The van der Waals surface area contributed by atoms with E-state index < -0.39 is 11.7 Å². The average Bonchev–Trinajstić information content (AvgIpc) is 2.48. The Bertz CT molecular complexity index is 606. The van der Waals surface area contributed by atoms with Crippen molar-refractivity contribution in [3.8, 4) is 0 Å². The van der Waals surface area contributed by atoms with Gasteiger partial charge in [-0.3, -0.25) is 4.79 Å². The summed E-state index contributed by atoms with van der Waals surface area (Å²) in [4.78, 5) is 11.9. The Balaban J connectivity index is 2.01. The van der Waals surface area contributed by atoms with E-state index in [0.717, 1.165) is 5.56 Å². The summed E-state index contributed by atoms with van der Waals surface area (Å²) in [6.07, 6.45) is 0. The maximum absolute atomic E-state index is 13.8. The molecule has 1 atom stereocenters. The first-order valence-electron chi connectivity index (χ1n) is 6.01. The fourth-order valence-electron chi connectivity index (χ4n) is 1.74. The number of nitrogens with one attached hydrogen (secondary N) is 1. The maximum Gasteiger partial charge on any atom is 0.254 e. The third-order valence-electron chi connectivity index (χ3n) is 2.80. The molecule has 0 saturated carbocycles. The lowest BCUT2D eigenvalue weighted by Crippen LogP contribution is -2.27. The van der Waals surface area contributed by atoms with Crippen LogP contribution in [0.2, 0.25) is 0 Å². The Kier molecular flexibility index (Phi) is 5.15. The van der Waals surface area contributed by atoms with Crippen molar-refractivity contribution in [1.82, 2.24) is 5.32 Å². The summed E-state index contributed by atoms with van der Waals surface area (Å²) < 4.78 is 14.0. The largest absolute Gasteiger partial charge is 0.350 e. The van der Waals surface area contributed by atoms with E-state index in [9.17, 15) is 9.18 Å². The summed E-state index contributed by atoms with van der Waals surface area (Å²) in [5, 5.41) is 2.28. The number of amides is 1. The van der Waals surface area contributed by atoms with Gasteiger partial charge in [0.1, 0.15) is 5.82 Å². The number of benzene rings is 2. The number of rotatable bonds is 4. The molecule has 2 rings (SSSR count). The second-order valence-corrected chi connectivity index (χ2v) is 5.57. The van der Waals surface area contributed by atoms with Crippen LogP contribution in [0.15, 0.2) is 53.0 Å². The molecule has 1 amide bonds. The number of carbonyl (C=O) groups is 1. The molecule has 0 aliphatic rings. The normalized spacial score (nSPS) is 11.9. The third kappa shape index (κ3) is 3.58. The lowest BCUT2D eigenvalue weighted by molar-refractivity contribution is 0.0949. The van der Waals surface area contributed by atoms with Crippen LogP contribution in [-0.2, 0) is 0 Å². The molecule has 1 N–H and O–H groups in total. The Morgan fingerprint density at radius 2 is 1.90 bits per heavy atom. The van der Waals surface area contributed by atoms with E-state index in [1.54, 1.807) is 12.1 Å². The first-order valence-corrected chi connectivity index (χ1v) is 7.23. The van der Waals surface area contributed by atoms with Gasteiger partial charge in [0.25, 0.3) is 5.91 Å². The molecule has 104 valence electrons. The zero-order valence-electron chi connectivity index (χ0n) is 10.4. The van der Waals surface area contributed by atoms with Crippen LogP contribution < -0.4 is 5.32 Å². The molecule has 20 heavy (non-hydrogen) atoms. The van der Waals surface area contributed by atoms with Gasteiger partial charge in [-0.15, -0.1) is 11.6 Å². The lowest BCUT2D eigenvalue weighted by atomic mass is 10.1. The van der Waals surface area contributed by atoms with Gasteiger partial charge < -0.3 is 5.32 Å². The third-order valence-corrected chi connectivity index (χ3v) is 3.82. The van der Waals surface area contributed by atoms with Crippen molar-refractivity contribution < 1.29 is 9.18 Å². The minimum Gasteiger partial charge on any atom is -0.350 e. The Hall–Kier alpha value is -1.39. The molecule has 0 fully saturated rings. The van der Waals surface area contributed by atoms with Crippen LogP contribution in [0.4, 0.5) is 4.39 Å². The SMILES string of the molecule is O=C(NCC(Cl)c1ccccc1)c1cccc(Br)c1F. The van der Waals surface area contributed by atoms with Crippen LogP contribution in [-0.4, -0.2) is 12.5 Å². The van der Waals surface area contributed by atoms with Crippen molar-refractivity contribution in [3.05, 3.63) is 69.9 Å². The van der Waals surface area contributed by atoms with Gasteiger partial charge in [-0.2, -0.15) is 0 Å². The molecule has 0 aromatic heterocycles. The summed E-state index contributed by atoms with van der Waals surface area (Å²) in [6, 6.07) is 14.0. The molecular weight excluding hydrogens is 345 g/mol. The lowest BCUT2D eigenvalue weighted by Gasteiger charge is -2.12. The molecule has 0 bridgehead atoms. The number of hydrogen-bond acceptors (Lipinski definition) is 1. The van der Waals surface area contributed by atoms with Gasteiger partial charge in [-0.1, -0.05) is 36.4 Å². The molecule has 2 aromatic rings. The molecule has 0 radical (unpaired) electrons. The van der Waals surface area contributed by atoms with Crippen molar-refractivity contribution in [3.63, 3.8) is 0 Å². The van der Waals surface area contributed by atoms with Crippen molar-refractivity contribution in [2.45, 2.75) is 5.38 Å². The minimum atomic E-state index is -0.573. The van der Waals surface area contributed by atoms with Gasteiger partial charge in [0.05, 0.1) is 15.4 Å². The molecule has 0 saturated heterocycles. The van der Waals surface area contributed by atoms with Gasteiger partial charge in [0, 0.05) is 6.54 Å². The van der Waals surface area contributed by atoms with Gasteiger partial charge in [0.2, 0.25) is 0 Å². The van der Waals surface area contributed by atoms with E-state index in [2.05, 4.69) is 21.2 Å². The summed E-state index contributed by atoms with van der Waals surface area (Å²) in [6.45, 7) is 0.232. The summed E-state index contributed by atoms with van der Waals surface area (Å²) in [7, 11) is 0. The molecular formula is C15H12BrClFNO. The van der Waals surface area contributed by atoms with Crippen molar-refractivity contribution >= 4 is 33.4 Å². The first kappa shape index (κ1) is 15.0. The van der Waals surface area contributed by atoms with Crippen LogP contribution in [0, 0.1) is 5.82 Å². The second kappa shape index (κ2) is 6.86. The highest BCUT2D eigenvalue weighted by Crippen LogP contribution is 2.20. The summed E-state index contributed by atoms with van der Waals surface area (Å²) in [5.74, 6) is -1.05. The average molecular weight is 357 g/mol. The predicted molar refractivity (Wildman–Crippen MR) is 81.5 cm³/mol. The molecule has 2 aromatic carbocycles. The second-order valence-electron chi connectivity index (χ2n) is 4.19. The van der Waals surface area contributed by atoms with Gasteiger partial charge in [-0.05, 0) is 33.6 Å². The van der Waals surface area contributed by atoms with Gasteiger partial charge >= 0.3 is 0 Å². The van der Waals surface area contributed by atoms with E-state index in [1.165, 1.54) is 6.07 Å². The van der Waals surface area contributed by atoms with Crippen LogP contribution in [0.1, 0.15) is 21.3 Å². The Labute approximate surface area is 130 Å². The highest BCUT2D eigenvalue weighted by molar-refractivity contribution is 9.10. The molecule has 1 unspecified atom stereocenters. The van der Waals surface area contributed by atoms with Crippen molar-refractivity contribution in [2.75, 3.05) is 6.54 Å². The quantitative estimate of drug-likeness (QED) is 0.813. The van der Waals surface area contributed by atoms with Crippen molar-refractivity contribution in [1.29, 1.82) is 0 Å². The molecule has 0 heterocycles. The predicted octanol–water partition coefficient (Wildman–Crippen LogP) is 4.30. The molecule has 5 heteroatoms. The molecule has 0 aliphatic carbocycles. The number of halogens is 3. The number of carbonyl (C=O) groups excluding carboxylic acids is 1. The van der Waals surface area contributed by atoms with E-state index >= 15 is 0 Å². The van der Waals surface area contributed by atoms with Crippen molar-refractivity contribution in [2.24, 2.45) is 0 Å². The smallest absolute Gasteiger partial charge is 0.254 e. The Morgan fingerprint density at radius 3 is 2.60 bits per heavy atom. The molecule has 2 nitrogen and oxygen atoms in total. The molecule has 0 aliphatic heterocycles. The van der Waals surface area contributed by atoms with E-state index in [0.29, 0.717) is 0 Å². The monoisotopic (exact) mass is 355 g/mol. The zero-order chi connectivity index (χ0) is 14.5. The van der Waals surface area contributed by atoms with Crippen LogP contribution in [0.25, 0.3) is 0 Å². The molecule has 0 spiro atoms. The highest BCUT2D eigenvalue weighted by Gasteiger charge is 2.15. The van der Waals surface area contributed by atoms with Gasteiger partial charge in [-0.25, -0.2) is 4.39 Å². The van der Waals surface area contributed by atoms with E-state index in [4.69, 9.17) is 11.6 Å². The fraction of sp³-hybridized carbons (Fsp3) is 0.133.